The van der Waals surface area contributed by atoms with E-state index in [0.717, 1.165) is 34.2 Å². The van der Waals surface area contributed by atoms with Crippen LogP contribution in [0.15, 0.2) is 65.7 Å². The lowest BCUT2D eigenvalue weighted by Gasteiger charge is -2.04. The minimum Gasteiger partial charge on any atom is -0.444 e. The van der Waals surface area contributed by atoms with E-state index in [2.05, 4.69) is 20.5 Å². The molecule has 2 amide bonds. The number of thioether (sulfide) groups is 1. The monoisotopic (exact) mass is 577 g/mol. The topological polar surface area (TPSA) is 163 Å². The van der Waals surface area contributed by atoms with Gasteiger partial charge in [-0.15, -0.1) is 10.2 Å². The zero-order valence-corrected chi connectivity index (χ0v) is 22.8. The van der Waals surface area contributed by atoms with Gasteiger partial charge in [0.05, 0.1) is 11.5 Å². The maximum atomic E-state index is 12.4. The van der Waals surface area contributed by atoms with E-state index in [1.165, 1.54) is 0 Å². The van der Waals surface area contributed by atoms with Crippen molar-refractivity contribution in [2.75, 3.05) is 22.6 Å². The Hall–Kier alpha value is -3.49. The van der Waals surface area contributed by atoms with Crippen LogP contribution in [0, 0.1) is 0 Å². The lowest BCUT2D eigenvalue weighted by Crippen LogP contribution is -2.15. The van der Waals surface area contributed by atoms with Gasteiger partial charge in [0.15, 0.2) is 15.0 Å². The van der Waals surface area contributed by atoms with Crippen LogP contribution in [-0.4, -0.2) is 53.2 Å². The lowest BCUT2D eigenvalue weighted by molar-refractivity contribution is 0.150. The molecule has 2 aromatic carbocycles. The molecule has 0 aliphatic carbocycles. The van der Waals surface area contributed by atoms with Crippen LogP contribution in [0.1, 0.15) is 22.6 Å². The molecule has 11 nitrogen and oxygen atoms in total. The van der Waals surface area contributed by atoms with Crippen LogP contribution in [0.2, 0.25) is 0 Å². The van der Waals surface area contributed by atoms with E-state index >= 15 is 0 Å². The molecule has 38 heavy (non-hydrogen) atoms. The molecule has 0 saturated carbocycles. The van der Waals surface area contributed by atoms with Gasteiger partial charge in [-0.25, -0.2) is 18.0 Å². The van der Waals surface area contributed by atoms with Gasteiger partial charge < -0.3 is 15.2 Å². The molecular weight excluding hydrogens is 550 g/mol. The summed E-state index contributed by atoms with van der Waals surface area (Å²) in [4.78, 5) is 27.3. The van der Waals surface area contributed by atoms with Gasteiger partial charge in [-0.2, -0.15) is 4.99 Å². The Kier molecular flexibility index (Phi) is 11.5. The van der Waals surface area contributed by atoms with E-state index in [0.29, 0.717) is 17.2 Å². The van der Waals surface area contributed by atoms with Crippen LogP contribution in [0.5, 0.6) is 0 Å². The highest BCUT2D eigenvalue weighted by atomic mass is 32.2. The van der Waals surface area contributed by atoms with E-state index in [1.54, 1.807) is 0 Å². The van der Waals surface area contributed by atoms with Crippen molar-refractivity contribution in [1.82, 2.24) is 10.2 Å². The van der Waals surface area contributed by atoms with E-state index in [1.807, 2.05) is 60.7 Å². The normalized spacial score (nSPS) is 11.6. The Balaban J connectivity index is 1.31. The third kappa shape index (κ3) is 11.3. The number of amidine groups is 1. The molecule has 0 fully saturated rings. The third-order valence-electron chi connectivity index (χ3n) is 4.77. The highest BCUT2D eigenvalue weighted by Crippen LogP contribution is 2.17. The van der Waals surface area contributed by atoms with E-state index in [-0.39, 0.29) is 41.4 Å². The standard InChI is InChI=1S/C24H27N5O6S3/c25-21(26-23(30)34-16-18-8-3-1-4-9-18)36-13-7-14-38(32,33)15-12-20-28-29-22(37-20)27-24(31)35-17-19-10-5-2-6-11-19/h1-6,8-11H,7,12-17H2,(H2,25,26,30)(H,27,29,31). The van der Waals surface area contributed by atoms with Gasteiger partial charge in [0, 0.05) is 12.2 Å². The number of carbonyl (C=O) groups excluding carboxylic acids is 2. The number of anilines is 1. The van der Waals surface area contributed by atoms with Gasteiger partial charge >= 0.3 is 12.2 Å². The Bertz CT molecular complexity index is 1320. The van der Waals surface area contributed by atoms with Crippen molar-refractivity contribution in [3.63, 3.8) is 0 Å². The first-order valence-electron chi connectivity index (χ1n) is 11.5. The van der Waals surface area contributed by atoms with E-state index in [9.17, 15) is 18.0 Å². The highest BCUT2D eigenvalue weighted by molar-refractivity contribution is 8.13. The summed E-state index contributed by atoms with van der Waals surface area (Å²) in [6.45, 7) is 0.203. The Morgan fingerprint density at radius 1 is 0.947 bits per heavy atom. The van der Waals surface area contributed by atoms with Crippen molar-refractivity contribution >= 4 is 55.4 Å². The number of nitrogens with two attached hydrogens (primary N) is 1. The maximum Gasteiger partial charge on any atom is 0.436 e. The molecule has 0 saturated heterocycles. The predicted octanol–water partition coefficient (Wildman–Crippen LogP) is 4.02. The van der Waals surface area contributed by atoms with E-state index in [4.69, 9.17) is 15.2 Å². The average Bonchev–Trinajstić information content (AvgIpc) is 3.36. The van der Waals surface area contributed by atoms with Crippen LogP contribution in [0.25, 0.3) is 0 Å². The minimum atomic E-state index is -3.35. The molecule has 0 radical (unpaired) electrons. The number of hydrogen-bond donors (Lipinski definition) is 2. The predicted molar refractivity (Wildman–Crippen MR) is 148 cm³/mol. The van der Waals surface area contributed by atoms with E-state index < -0.39 is 22.0 Å². The molecular formula is C24H27N5O6S3. The summed E-state index contributed by atoms with van der Waals surface area (Å²) in [7, 11) is -3.35. The van der Waals surface area contributed by atoms with Crippen LogP contribution in [0.4, 0.5) is 14.7 Å². The number of hydrogen-bond acceptors (Lipinski definition) is 10. The number of sulfone groups is 1. The molecule has 0 atom stereocenters. The number of amides is 2. The summed E-state index contributed by atoms with van der Waals surface area (Å²) in [5, 5.41) is 11.0. The quantitative estimate of drug-likeness (QED) is 0.183. The number of nitrogens with one attached hydrogen (secondary N) is 1. The second-order valence-corrected chi connectivity index (χ2v) is 12.3. The molecule has 0 aliphatic heterocycles. The SMILES string of the molecule is NC(=NC(=O)OCc1ccccc1)SCCCS(=O)(=O)CCc1nnc(NC(=O)OCc2ccccc2)s1. The summed E-state index contributed by atoms with van der Waals surface area (Å²) in [6.07, 6.45) is -0.973. The second kappa shape index (κ2) is 15.1. The fraction of sp³-hybridized carbons (Fsp3) is 0.292. The van der Waals surface area contributed by atoms with Crippen molar-refractivity contribution in [3.8, 4) is 0 Å². The van der Waals surface area contributed by atoms with Gasteiger partial charge in [-0.3, -0.25) is 5.32 Å². The molecule has 1 heterocycles. The van der Waals surface area contributed by atoms with Gasteiger partial charge in [-0.1, -0.05) is 83.8 Å². The second-order valence-electron chi connectivity index (χ2n) is 7.78. The van der Waals surface area contributed by atoms with Crippen LogP contribution >= 0.6 is 23.1 Å². The number of aliphatic imine (C=N–C) groups is 1. The Morgan fingerprint density at radius 2 is 1.58 bits per heavy atom. The van der Waals surface area contributed by atoms with Gasteiger partial charge in [0.1, 0.15) is 18.2 Å². The lowest BCUT2D eigenvalue weighted by atomic mass is 10.2. The first-order valence-corrected chi connectivity index (χ1v) is 15.1. The zero-order valence-electron chi connectivity index (χ0n) is 20.3. The largest absolute Gasteiger partial charge is 0.444 e. The smallest absolute Gasteiger partial charge is 0.436 e. The fourth-order valence-corrected chi connectivity index (χ4v) is 5.89. The number of carbonyl (C=O) groups is 2. The summed E-state index contributed by atoms with van der Waals surface area (Å²) < 4.78 is 34.9. The molecule has 3 rings (SSSR count). The van der Waals surface area contributed by atoms with Crippen LogP contribution in [0.3, 0.4) is 0 Å². The van der Waals surface area contributed by atoms with Crippen LogP contribution in [-0.2, 0) is 38.9 Å². The number of rotatable bonds is 12. The summed E-state index contributed by atoms with van der Waals surface area (Å²) in [6, 6.07) is 18.4. The molecule has 3 N–H and O–H groups in total. The summed E-state index contributed by atoms with van der Waals surface area (Å²) >= 11 is 2.17. The van der Waals surface area contributed by atoms with Gasteiger partial charge in [0.2, 0.25) is 5.13 Å². The van der Waals surface area contributed by atoms with Crippen molar-refractivity contribution in [3.05, 3.63) is 76.8 Å². The molecule has 0 unspecified atom stereocenters. The Morgan fingerprint density at radius 3 is 2.24 bits per heavy atom. The molecule has 0 aliphatic rings. The van der Waals surface area contributed by atoms with Gasteiger partial charge in [-0.05, 0) is 17.5 Å². The first kappa shape index (κ1) is 29.1. The van der Waals surface area contributed by atoms with Crippen molar-refractivity contribution in [2.45, 2.75) is 26.1 Å². The fourth-order valence-electron chi connectivity index (χ4n) is 2.93. The molecule has 0 bridgehead atoms. The molecule has 0 spiro atoms. The molecule has 202 valence electrons. The van der Waals surface area contributed by atoms with Crippen molar-refractivity contribution in [2.24, 2.45) is 10.7 Å². The Labute approximate surface area is 228 Å². The third-order valence-corrected chi connectivity index (χ3v) is 8.29. The zero-order chi connectivity index (χ0) is 27.2. The first-order chi connectivity index (χ1) is 18.3. The number of nitrogens with zero attached hydrogens (tertiary/aromatic N) is 3. The van der Waals surface area contributed by atoms with Crippen LogP contribution < -0.4 is 11.1 Å². The molecule has 3 aromatic rings. The van der Waals surface area contributed by atoms with Gasteiger partial charge in [0.25, 0.3) is 0 Å². The molecule has 1 aromatic heterocycles. The minimum absolute atomic E-state index is 0.0108. The van der Waals surface area contributed by atoms with Crippen molar-refractivity contribution in [1.29, 1.82) is 0 Å². The number of benzene rings is 2. The number of aromatic nitrogens is 2. The molecule has 14 heteroatoms. The number of ether oxygens (including phenoxy) is 2. The van der Waals surface area contributed by atoms with Crippen molar-refractivity contribution < 1.29 is 27.5 Å². The maximum absolute atomic E-state index is 12.4. The summed E-state index contributed by atoms with van der Waals surface area (Å²) in [5.41, 5.74) is 7.40. The highest BCUT2D eigenvalue weighted by Gasteiger charge is 2.15. The summed E-state index contributed by atoms with van der Waals surface area (Å²) in [5.74, 6) is 0.208. The number of aryl methyl sites for hydroxylation is 1. The average molecular weight is 578 g/mol.